The number of carboxylic acids is 1. The number of hydrogen-bond donors (Lipinski definition) is 3. The molecule has 0 bridgehead atoms. The number of piperidine rings is 1. The maximum Gasteiger partial charge on any atom is 0.336 e. The summed E-state index contributed by atoms with van der Waals surface area (Å²) in [6.45, 7) is 5.26. The van der Waals surface area contributed by atoms with Crippen LogP contribution < -0.4 is 10.6 Å². The van der Waals surface area contributed by atoms with Crippen molar-refractivity contribution in [1.29, 1.82) is 0 Å². The summed E-state index contributed by atoms with van der Waals surface area (Å²) < 4.78 is 0. The topological polar surface area (TPSA) is 78.4 Å². The lowest BCUT2D eigenvalue weighted by Gasteiger charge is -2.22. The lowest BCUT2D eigenvalue weighted by atomic mass is 9.98. The number of nitrogens with one attached hydrogen (secondary N) is 2. The molecule has 5 heteroatoms. The minimum atomic E-state index is -0.971. The van der Waals surface area contributed by atoms with Crippen molar-refractivity contribution >= 4 is 17.6 Å². The molecule has 0 aliphatic carbocycles. The van der Waals surface area contributed by atoms with Crippen LogP contribution in [0, 0.1) is 19.8 Å². The van der Waals surface area contributed by atoms with E-state index in [1.165, 1.54) is 6.07 Å². The predicted molar refractivity (Wildman–Crippen MR) is 77.1 cm³/mol. The molecule has 0 aromatic heterocycles. The van der Waals surface area contributed by atoms with Crippen LogP contribution in [0.3, 0.4) is 0 Å². The Bertz CT molecular complexity index is 534. The van der Waals surface area contributed by atoms with Crippen LogP contribution in [0.1, 0.15) is 34.3 Å². The van der Waals surface area contributed by atoms with Crippen molar-refractivity contribution in [2.75, 3.05) is 18.4 Å². The molecule has 1 fully saturated rings. The number of hydrogen-bond acceptors (Lipinski definition) is 3. The highest BCUT2D eigenvalue weighted by molar-refractivity contribution is 5.96. The molecule has 1 aliphatic rings. The third kappa shape index (κ3) is 3.17. The average Bonchev–Trinajstić information content (AvgIpc) is 2.43. The summed E-state index contributed by atoms with van der Waals surface area (Å²) in [5, 5.41) is 15.2. The number of rotatable bonds is 3. The first-order chi connectivity index (χ1) is 9.49. The molecule has 1 aliphatic heterocycles. The average molecular weight is 276 g/mol. The Morgan fingerprint density at radius 2 is 2.10 bits per heavy atom. The number of benzene rings is 1. The van der Waals surface area contributed by atoms with E-state index in [4.69, 9.17) is 0 Å². The van der Waals surface area contributed by atoms with Gasteiger partial charge in [0.1, 0.15) is 0 Å². The van der Waals surface area contributed by atoms with E-state index in [2.05, 4.69) is 10.6 Å². The first kappa shape index (κ1) is 14.5. The third-order valence-electron chi connectivity index (χ3n) is 3.83. The molecule has 0 radical (unpaired) electrons. The molecule has 1 aromatic rings. The molecule has 2 rings (SSSR count). The van der Waals surface area contributed by atoms with Gasteiger partial charge in [0.05, 0.1) is 11.5 Å². The molecule has 1 heterocycles. The van der Waals surface area contributed by atoms with Gasteiger partial charge in [-0.3, -0.25) is 4.79 Å². The molecule has 1 unspecified atom stereocenters. The monoisotopic (exact) mass is 276 g/mol. The van der Waals surface area contributed by atoms with Crippen LogP contribution in [0.4, 0.5) is 5.69 Å². The minimum absolute atomic E-state index is 0.0429. The summed E-state index contributed by atoms with van der Waals surface area (Å²) in [4.78, 5) is 23.3. The van der Waals surface area contributed by atoms with Gasteiger partial charge in [0.2, 0.25) is 5.91 Å². The highest BCUT2D eigenvalue weighted by Gasteiger charge is 2.21. The normalized spacial score (nSPS) is 18.6. The second-order valence-electron chi connectivity index (χ2n) is 5.30. The number of carbonyl (C=O) groups is 2. The molecule has 1 atom stereocenters. The van der Waals surface area contributed by atoms with Crippen LogP contribution in [0.25, 0.3) is 0 Å². The summed E-state index contributed by atoms with van der Waals surface area (Å²) in [6, 6.07) is 3.34. The van der Waals surface area contributed by atoms with Gasteiger partial charge in [0, 0.05) is 12.2 Å². The van der Waals surface area contributed by atoms with Crippen LogP contribution in [-0.4, -0.2) is 30.1 Å². The Labute approximate surface area is 118 Å². The zero-order valence-electron chi connectivity index (χ0n) is 11.8. The quantitative estimate of drug-likeness (QED) is 0.788. The molecular formula is C15H20N2O3. The van der Waals surface area contributed by atoms with E-state index in [1.807, 2.05) is 13.0 Å². The van der Waals surface area contributed by atoms with Gasteiger partial charge in [-0.2, -0.15) is 0 Å². The Morgan fingerprint density at radius 1 is 1.35 bits per heavy atom. The van der Waals surface area contributed by atoms with Crippen LogP contribution >= 0.6 is 0 Å². The Hall–Kier alpha value is -1.88. The molecule has 0 saturated carbocycles. The first-order valence-electron chi connectivity index (χ1n) is 6.85. The fraction of sp³-hybridized carbons (Fsp3) is 0.467. The van der Waals surface area contributed by atoms with Crippen molar-refractivity contribution in [3.8, 4) is 0 Å². The van der Waals surface area contributed by atoms with Crippen molar-refractivity contribution in [3.63, 3.8) is 0 Å². The van der Waals surface area contributed by atoms with Crippen molar-refractivity contribution in [2.45, 2.75) is 26.7 Å². The second kappa shape index (κ2) is 6.05. The smallest absolute Gasteiger partial charge is 0.336 e. The van der Waals surface area contributed by atoms with Crippen molar-refractivity contribution in [1.82, 2.24) is 5.32 Å². The van der Waals surface area contributed by atoms with Gasteiger partial charge in [0.15, 0.2) is 0 Å². The number of carboxylic acid groups (broad SMARTS) is 1. The van der Waals surface area contributed by atoms with E-state index in [-0.39, 0.29) is 17.4 Å². The van der Waals surface area contributed by atoms with Crippen LogP contribution in [0.5, 0.6) is 0 Å². The molecule has 1 amide bonds. The number of aromatic carboxylic acids is 1. The number of amides is 1. The highest BCUT2D eigenvalue weighted by atomic mass is 16.4. The maximum absolute atomic E-state index is 12.1. The summed E-state index contributed by atoms with van der Waals surface area (Å²) in [6.07, 6.45) is 1.86. The van der Waals surface area contributed by atoms with E-state index < -0.39 is 5.97 Å². The number of aryl methyl sites for hydroxylation is 1. The van der Waals surface area contributed by atoms with E-state index >= 15 is 0 Å². The highest BCUT2D eigenvalue weighted by Crippen LogP contribution is 2.21. The molecule has 0 spiro atoms. The summed E-state index contributed by atoms with van der Waals surface area (Å²) >= 11 is 0. The molecule has 5 nitrogen and oxygen atoms in total. The fourth-order valence-corrected chi connectivity index (χ4v) is 2.47. The van der Waals surface area contributed by atoms with E-state index in [1.54, 1.807) is 6.92 Å². The molecule has 1 aromatic carbocycles. The lowest BCUT2D eigenvalue weighted by molar-refractivity contribution is -0.120. The van der Waals surface area contributed by atoms with E-state index in [0.29, 0.717) is 12.2 Å². The summed E-state index contributed by atoms with van der Waals surface area (Å²) in [7, 11) is 0. The van der Waals surface area contributed by atoms with Gasteiger partial charge in [-0.25, -0.2) is 4.79 Å². The number of carbonyl (C=O) groups excluding carboxylic acids is 1. The molecule has 3 N–H and O–H groups in total. The molecular weight excluding hydrogens is 256 g/mol. The zero-order chi connectivity index (χ0) is 14.7. The summed E-state index contributed by atoms with van der Waals surface area (Å²) in [5.41, 5.74) is 2.39. The second-order valence-corrected chi connectivity index (χ2v) is 5.30. The van der Waals surface area contributed by atoms with Gasteiger partial charge in [-0.15, -0.1) is 0 Å². The van der Waals surface area contributed by atoms with Gasteiger partial charge >= 0.3 is 5.97 Å². The summed E-state index contributed by atoms with van der Waals surface area (Å²) in [5.74, 6) is -1.06. The molecule has 1 saturated heterocycles. The van der Waals surface area contributed by atoms with Gasteiger partial charge in [0.25, 0.3) is 0 Å². The zero-order valence-corrected chi connectivity index (χ0v) is 11.8. The first-order valence-corrected chi connectivity index (χ1v) is 6.85. The molecule has 108 valence electrons. The Morgan fingerprint density at radius 3 is 2.70 bits per heavy atom. The van der Waals surface area contributed by atoms with Gasteiger partial charge < -0.3 is 15.7 Å². The van der Waals surface area contributed by atoms with Gasteiger partial charge in [-0.1, -0.05) is 0 Å². The van der Waals surface area contributed by atoms with E-state index in [9.17, 15) is 14.7 Å². The SMILES string of the molecule is Cc1cc(NC(=O)C2CCCNC2)cc(C(=O)O)c1C. The fourth-order valence-electron chi connectivity index (χ4n) is 2.47. The Balaban J connectivity index is 2.16. The standard InChI is InChI=1S/C15H20N2O3/c1-9-6-12(7-13(10(9)2)15(19)20)17-14(18)11-4-3-5-16-8-11/h6-7,11,16H,3-5,8H2,1-2H3,(H,17,18)(H,19,20). The third-order valence-corrected chi connectivity index (χ3v) is 3.83. The maximum atomic E-state index is 12.1. The predicted octanol–water partition coefficient (Wildman–Crippen LogP) is 1.94. The van der Waals surface area contributed by atoms with Crippen molar-refractivity contribution in [3.05, 3.63) is 28.8 Å². The lowest BCUT2D eigenvalue weighted by Crippen LogP contribution is -2.37. The van der Waals surface area contributed by atoms with Crippen molar-refractivity contribution in [2.24, 2.45) is 5.92 Å². The van der Waals surface area contributed by atoms with E-state index in [0.717, 1.165) is 30.5 Å². The van der Waals surface area contributed by atoms with Gasteiger partial charge in [-0.05, 0) is 56.5 Å². The van der Waals surface area contributed by atoms with Crippen LogP contribution in [0.2, 0.25) is 0 Å². The van der Waals surface area contributed by atoms with Crippen molar-refractivity contribution < 1.29 is 14.7 Å². The minimum Gasteiger partial charge on any atom is -0.478 e. The Kier molecular flexibility index (Phi) is 4.39. The number of anilines is 1. The molecule has 20 heavy (non-hydrogen) atoms. The van der Waals surface area contributed by atoms with Crippen LogP contribution in [-0.2, 0) is 4.79 Å². The van der Waals surface area contributed by atoms with Crippen LogP contribution in [0.15, 0.2) is 12.1 Å². The largest absolute Gasteiger partial charge is 0.478 e.